The van der Waals surface area contributed by atoms with Crippen LogP contribution in [-0.4, -0.2) is 19.7 Å². The minimum absolute atomic E-state index is 0.0269. The Kier molecular flexibility index (Phi) is 5.67. The lowest BCUT2D eigenvalue weighted by Gasteiger charge is -2.09. The van der Waals surface area contributed by atoms with E-state index in [0.717, 1.165) is 34.5 Å². The van der Waals surface area contributed by atoms with Crippen molar-refractivity contribution in [2.24, 2.45) is 0 Å². The van der Waals surface area contributed by atoms with Gasteiger partial charge in [0.25, 0.3) is 0 Å². The summed E-state index contributed by atoms with van der Waals surface area (Å²) in [5.74, 6) is 2.20. The summed E-state index contributed by atoms with van der Waals surface area (Å²) in [4.78, 5) is 15.6. The molecular weight excluding hydrogens is 384 g/mol. The minimum Gasteiger partial charge on any atom is -0.486 e. The Morgan fingerprint density at radius 2 is 1.90 bits per heavy atom. The zero-order chi connectivity index (χ0) is 20.2. The van der Waals surface area contributed by atoms with E-state index in [1.165, 1.54) is 5.56 Å². The Hall–Kier alpha value is -3.06. The second-order valence-electron chi connectivity index (χ2n) is 6.74. The highest BCUT2D eigenvalue weighted by Crippen LogP contribution is 2.22. The van der Waals surface area contributed by atoms with Gasteiger partial charge in [-0.05, 0) is 38.1 Å². The van der Waals surface area contributed by atoms with Crippen LogP contribution >= 0.6 is 11.8 Å². The van der Waals surface area contributed by atoms with Crippen LogP contribution in [-0.2, 0) is 18.9 Å². The highest BCUT2D eigenvalue weighted by atomic mass is 32.2. The van der Waals surface area contributed by atoms with Crippen LogP contribution in [0.2, 0.25) is 0 Å². The molecule has 7 heteroatoms. The van der Waals surface area contributed by atoms with Crippen molar-refractivity contribution in [1.82, 2.24) is 19.7 Å². The predicted molar refractivity (Wildman–Crippen MR) is 115 cm³/mol. The third-order valence-electron chi connectivity index (χ3n) is 4.65. The van der Waals surface area contributed by atoms with Crippen LogP contribution in [0.15, 0.2) is 64.5 Å². The third kappa shape index (κ3) is 4.35. The van der Waals surface area contributed by atoms with Gasteiger partial charge in [-0.25, -0.2) is 0 Å². The number of nitrogens with one attached hydrogen (secondary N) is 1. The van der Waals surface area contributed by atoms with Gasteiger partial charge in [0.1, 0.15) is 12.4 Å². The Morgan fingerprint density at radius 1 is 1.10 bits per heavy atom. The molecule has 1 N–H and O–H groups in total. The summed E-state index contributed by atoms with van der Waals surface area (Å²) >= 11 is 1.55. The smallest absolute Gasteiger partial charge is 0.191 e. The molecule has 0 fully saturated rings. The Labute approximate surface area is 172 Å². The van der Waals surface area contributed by atoms with Crippen LogP contribution in [0.25, 0.3) is 10.9 Å². The molecule has 148 valence electrons. The molecule has 0 amide bonds. The van der Waals surface area contributed by atoms with Crippen molar-refractivity contribution in [3.8, 4) is 5.75 Å². The first kappa shape index (κ1) is 19.3. The summed E-state index contributed by atoms with van der Waals surface area (Å²) in [7, 11) is 0. The van der Waals surface area contributed by atoms with Crippen LogP contribution in [0.1, 0.15) is 24.0 Å². The van der Waals surface area contributed by atoms with Gasteiger partial charge >= 0.3 is 0 Å². The molecule has 0 radical (unpaired) electrons. The monoisotopic (exact) mass is 406 g/mol. The minimum atomic E-state index is 0.0269. The zero-order valence-corrected chi connectivity index (χ0v) is 17.2. The number of benzene rings is 2. The molecule has 0 saturated heterocycles. The lowest BCUT2D eigenvalue weighted by molar-refractivity contribution is 0.288. The van der Waals surface area contributed by atoms with E-state index in [4.69, 9.17) is 4.74 Å². The molecule has 2 heterocycles. The number of H-pyrrole nitrogens is 1. The second-order valence-corrected chi connectivity index (χ2v) is 7.68. The molecule has 4 aromatic rings. The van der Waals surface area contributed by atoms with E-state index in [2.05, 4.69) is 22.1 Å². The van der Waals surface area contributed by atoms with Crippen molar-refractivity contribution in [3.05, 3.63) is 81.9 Å². The van der Waals surface area contributed by atoms with Crippen molar-refractivity contribution >= 4 is 22.7 Å². The first-order chi connectivity index (χ1) is 14.1. The van der Waals surface area contributed by atoms with E-state index in [1.54, 1.807) is 17.8 Å². The Morgan fingerprint density at radius 3 is 2.69 bits per heavy atom. The van der Waals surface area contributed by atoms with Crippen LogP contribution in [0, 0.1) is 6.92 Å². The molecule has 0 aliphatic rings. The average molecular weight is 407 g/mol. The molecule has 29 heavy (non-hydrogen) atoms. The van der Waals surface area contributed by atoms with Gasteiger partial charge in [0, 0.05) is 35.0 Å². The van der Waals surface area contributed by atoms with Gasteiger partial charge < -0.3 is 14.3 Å². The van der Waals surface area contributed by atoms with E-state index in [0.29, 0.717) is 17.7 Å². The Balaban J connectivity index is 1.46. The lowest BCUT2D eigenvalue weighted by Crippen LogP contribution is -2.07. The fourth-order valence-corrected chi connectivity index (χ4v) is 4.03. The average Bonchev–Trinajstić information content (AvgIpc) is 3.14. The zero-order valence-electron chi connectivity index (χ0n) is 16.4. The number of hydrogen-bond acceptors (Lipinski definition) is 5. The number of ether oxygens (including phenoxy) is 1. The predicted octanol–water partition coefficient (Wildman–Crippen LogP) is 4.32. The summed E-state index contributed by atoms with van der Waals surface area (Å²) in [6.07, 6.45) is 0. The topological polar surface area (TPSA) is 72.8 Å². The number of fused-ring (bicyclic) bond motifs is 1. The fourth-order valence-electron chi connectivity index (χ4n) is 3.10. The maximum absolute atomic E-state index is 12.3. The van der Waals surface area contributed by atoms with Crippen LogP contribution in [0.5, 0.6) is 5.75 Å². The molecule has 0 aliphatic carbocycles. The molecule has 0 saturated carbocycles. The van der Waals surface area contributed by atoms with Crippen molar-refractivity contribution < 1.29 is 4.74 Å². The number of aryl methyl sites for hydroxylation is 1. The maximum atomic E-state index is 12.3. The van der Waals surface area contributed by atoms with Crippen molar-refractivity contribution in [2.75, 3.05) is 0 Å². The number of para-hydroxylation sites is 1. The van der Waals surface area contributed by atoms with Gasteiger partial charge in [-0.1, -0.05) is 41.6 Å². The van der Waals surface area contributed by atoms with E-state index in [9.17, 15) is 4.79 Å². The van der Waals surface area contributed by atoms with E-state index >= 15 is 0 Å². The number of pyridine rings is 1. The van der Waals surface area contributed by atoms with E-state index in [-0.39, 0.29) is 5.43 Å². The van der Waals surface area contributed by atoms with Crippen LogP contribution in [0.3, 0.4) is 0 Å². The quantitative estimate of drug-likeness (QED) is 0.463. The number of aromatic nitrogens is 4. The van der Waals surface area contributed by atoms with Gasteiger partial charge in [0.15, 0.2) is 16.4 Å². The molecule has 0 aliphatic heterocycles. The lowest BCUT2D eigenvalue weighted by atomic mass is 10.2. The normalized spacial score (nSPS) is 11.1. The van der Waals surface area contributed by atoms with E-state index in [1.807, 2.05) is 60.0 Å². The maximum Gasteiger partial charge on any atom is 0.191 e. The summed E-state index contributed by atoms with van der Waals surface area (Å²) < 4.78 is 7.89. The van der Waals surface area contributed by atoms with Crippen LogP contribution < -0.4 is 10.2 Å². The molecule has 2 aromatic carbocycles. The van der Waals surface area contributed by atoms with E-state index < -0.39 is 0 Å². The first-order valence-corrected chi connectivity index (χ1v) is 10.5. The van der Waals surface area contributed by atoms with Crippen molar-refractivity contribution in [3.63, 3.8) is 0 Å². The number of rotatable bonds is 7. The first-order valence-electron chi connectivity index (χ1n) is 9.49. The molecule has 0 atom stereocenters. The van der Waals surface area contributed by atoms with Crippen LogP contribution in [0.4, 0.5) is 0 Å². The van der Waals surface area contributed by atoms with Gasteiger partial charge in [-0.15, -0.1) is 10.2 Å². The highest BCUT2D eigenvalue weighted by Gasteiger charge is 2.13. The molecule has 0 spiro atoms. The molecule has 6 nitrogen and oxygen atoms in total. The van der Waals surface area contributed by atoms with Gasteiger partial charge in [-0.3, -0.25) is 4.79 Å². The third-order valence-corrected chi connectivity index (χ3v) is 5.66. The van der Waals surface area contributed by atoms with Gasteiger partial charge in [-0.2, -0.15) is 0 Å². The Bertz CT molecular complexity index is 1180. The SMILES string of the molecule is CCn1c(COc2ccc(C)cc2)nnc1SCc1cc(=O)c2ccccc2[nH]1. The molecule has 0 unspecified atom stereocenters. The molecule has 0 bridgehead atoms. The molecular formula is C22H22N4O2S. The van der Waals surface area contributed by atoms with Gasteiger partial charge in [0.05, 0.1) is 0 Å². The summed E-state index contributed by atoms with van der Waals surface area (Å²) in [5.41, 5.74) is 2.93. The second kappa shape index (κ2) is 8.53. The summed E-state index contributed by atoms with van der Waals surface area (Å²) in [5, 5.41) is 10.1. The van der Waals surface area contributed by atoms with Crippen molar-refractivity contribution in [1.29, 1.82) is 0 Å². The largest absolute Gasteiger partial charge is 0.486 e. The fraction of sp³-hybridized carbons (Fsp3) is 0.227. The van der Waals surface area contributed by atoms with Crippen molar-refractivity contribution in [2.45, 2.75) is 37.9 Å². The molecule has 2 aromatic heterocycles. The highest BCUT2D eigenvalue weighted by molar-refractivity contribution is 7.98. The number of thioether (sulfide) groups is 1. The standard InChI is InChI=1S/C22H22N4O2S/c1-3-26-21(13-28-17-10-8-15(2)9-11-17)24-25-22(26)29-14-16-12-20(27)18-6-4-5-7-19(18)23-16/h4-12H,3,13-14H2,1-2H3,(H,23,27). The number of nitrogens with zero attached hydrogens (tertiary/aromatic N) is 3. The molecule has 4 rings (SSSR count). The summed E-state index contributed by atoms with van der Waals surface area (Å²) in [6.45, 7) is 5.21. The number of hydrogen-bond donors (Lipinski definition) is 1. The summed E-state index contributed by atoms with van der Waals surface area (Å²) in [6, 6.07) is 17.1. The van der Waals surface area contributed by atoms with Gasteiger partial charge in [0.2, 0.25) is 0 Å². The number of aromatic amines is 1.